The lowest BCUT2D eigenvalue weighted by molar-refractivity contribution is 0.267. The van der Waals surface area contributed by atoms with Gasteiger partial charge in [-0.25, -0.2) is 0 Å². The maximum atomic E-state index is 6.10. The molecule has 0 aliphatic carbocycles. The quantitative estimate of drug-likeness (QED) is 0.586. The highest BCUT2D eigenvalue weighted by Gasteiger charge is 2.13. The Morgan fingerprint density at radius 2 is 1.88 bits per heavy atom. The normalized spacial score (nSPS) is 12.0. The van der Waals surface area contributed by atoms with E-state index < -0.39 is 0 Å². The smallest absolute Gasteiger partial charge is 0.175 e. The number of hydrogen-bond donors (Lipinski definition) is 1. The van der Waals surface area contributed by atoms with E-state index in [9.17, 15) is 0 Å². The molecule has 136 valence electrons. The standard InChI is InChI=1S/C21H28BrNO2/c1-5-16(4)23-13-17-11-19(22)21(20(12-17)24-6-2)25-14-18-10-8-7-9-15(18)3/h7-12,16,23H,5-6,13-14H2,1-4H3. The zero-order valence-corrected chi connectivity index (χ0v) is 17.2. The summed E-state index contributed by atoms with van der Waals surface area (Å²) in [5, 5.41) is 3.51. The molecular weight excluding hydrogens is 378 g/mol. The zero-order valence-electron chi connectivity index (χ0n) is 15.6. The largest absolute Gasteiger partial charge is 0.490 e. The second-order valence-electron chi connectivity index (χ2n) is 6.24. The second kappa shape index (κ2) is 9.83. The van der Waals surface area contributed by atoms with Crippen LogP contribution in [0.25, 0.3) is 0 Å². The first-order valence-corrected chi connectivity index (χ1v) is 9.70. The second-order valence-corrected chi connectivity index (χ2v) is 7.10. The molecule has 0 aliphatic rings. The minimum atomic E-state index is 0.492. The van der Waals surface area contributed by atoms with Crippen LogP contribution < -0.4 is 14.8 Å². The lowest BCUT2D eigenvalue weighted by Crippen LogP contribution is -2.24. The SMILES string of the molecule is CCOc1cc(CNC(C)CC)cc(Br)c1OCc1ccccc1C. The Bertz CT molecular complexity index is 688. The predicted octanol–water partition coefficient (Wildman–Crippen LogP) is 5.62. The minimum Gasteiger partial charge on any atom is -0.490 e. The average molecular weight is 406 g/mol. The summed E-state index contributed by atoms with van der Waals surface area (Å²) in [7, 11) is 0. The fourth-order valence-electron chi connectivity index (χ4n) is 2.48. The van der Waals surface area contributed by atoms with Crippen LogP contribution in [0.4, 0.5) is 0 Å². The molecule has 2 rings (SSSR count). The summed E-state index contributed by atoms with van der Waals surface area (Å²) in [5.41, 5.74) is 3.59. The third-order valence-electron chi connectivity index (χ3n) is 4.27. The Morgan fingerprint density at radius 3 is 2.56 bits per heavy atom. The molecule has 0 amide bonds. The molecule has 2 aromatic carbocycles. The Morgan fingerprint density at radius 1 is 1.12 bits per heavy atom. The highest BCUT2D eigenvalue weighted by molar-refractivity contribution is 9.10. The van der Waals surface area contributed by atoms with Gasteiger partial charge >= 0.3 is 0 Å². The molecule has 1 unspecified atom stereocenters. The van der Waals surface area contributed by atoms with Crippen LogP contribution in [0.1, 0.15) is 43.9 Å². The molecule has 4 heteroatoms. The number of rotatable bonds is 9. The molecule has 0 aliphatic heterocycles. The van der Waals surface area contributed by atoms with Crippen molar-refractivity contribution in [1.29, 1.82) is 0 Å². The van der Waals surface area contributed by atoms with Crippen LogP contribution in [0.5, 0.6) is 11.5 Å². The van der Waals surface area contributed by atoms with E-state index in [1.807, 2.05) is 19.1 Å². The fraction of sp³-hybridized carbons (Fsp3) is 0.429. The van der Waals surface area contributed by atoms with Crippen molar-refractivity contribution in [2.75, 3.05) is 6.61 Å². The molecule has 1 atom stereocenters. The molecule has 0 heterocycles. The van der Waals surface area contributed by atoms with Gasteiger partial charge in [0.25, 0.3) is 0 Å². The highest BCUT2D eigenvalue weighted by Crippen LogP contribution is 2.37. The molecule has 25 heavy (non-hydrogen) atoms. The molecule has 1 N–H and O–H groups in total. The number of benzene rings is 2. The lowest BCUT2D eigenvalue weighted by Gasteiger charge is -2.17. The van der Waals surface area contributed by atoms with Crippen LogP contribution in [-0.2, 0) is 13.2 Å². The first-order valence-electron chi connectivity index (χ1n) is 8.91. The first kappa shape index (κ1) is 19.8. The summed E-state index contributed by atoms with van der Waals surface area (Å²) in [6.07, 6.45) is 1.11. The topological polar surface area (TPSA) is 30.5 Å². The van der Waals surface area contributed by atoms with Gasteiger partial charge in [-0.3, -0.25) is 0 Å². The molecule has 0 spiro atoms. The van der Waals surface area contributed by atoms with Gasteiger partial charge in [-0.2, -0.15) is 0 Å². The van der Waals surface area contributed by atoms with Gasteiger partial charge in [0.05, 0.1) is 11.1 Å². The number of halogens is 1. The Balaban J connectivity index is 2.17. The van der Waals surface area contributed by atoms with E-state index in [0.717, 1.165) is 28.9 Å². The number of hydrogen-bond acceptors (Lipinski definition) is 3. The van der Waals surface area contributed by atoms with Gasteiger partial charge in [-0.15, -0.1) is 0 Å². The van der Waals surface area contributed by atoms with Gasteiger partial charge in [-0.05, 0) is 71.9 Å². The van der Waals surface area contributed by atoms with E-state index >= 15 is 0 Å². The predicted molar refractivity (Wildman–Crippen MR) is 107 cm³/mol. The van der Waals surface area contributed by atoms with Crippen LogP contribution in [0.2, 0.25) is 0 Å². The number of nitrogens with one attached hydrogen (secondary N) is 1. The molecule has 2 aromatic rings. The Hall–Kier alpha value is -1.52. The fourth-order valence-corrected chi connectivity index (χ4v) is 3.09. The van der Waals surface area contributed by atoms with E-state index in [1.165, 1.54) is 16.7 Å². The van der Waals surface area contributed by atoms with Gasteiger partial charge in [0, 0.05) is 12.6 Å². The van der Waals surface area contributed by atoms with E-state index in [-0.39, 0.29) is 0 Å². The van der Waals surface area contributed by atoms with Gasteiger partial charge in [0.1, 0.15) is 6.61 Å². The van der Waals surface area contributed by atoms with Crippen molar-refractivity contribution in [3.8, 4) is 11.5 Å². The van der Waals surface area contributed by atoms with Crippen molar-refractivity contribution < 1.29 is 9.47 Å². The van der Waals surface area contributed by atoms with Gasteiger partial charge in [0.15, 0.2) is 11.5 Å². The van der Waals surface area contributed by atoms with Crippen LogP contribution in [-0.4, -0.2) is 12.6 Å². The van der Waals surface area contributed by atoms with E-state index in [0.29, 0.717) is 19.3 Å². The van der Waals surface area contributed by atoms with E-state index in [4.69, 9.17) is 9.47 Å². The Labute approximate surface area is 159 Å². The third-order valence-corrected chi connectivity index (χ3v) is 4.86. The maximum absolute atomic E-state index is 6.10. The molecule has 0 fully saturated rings. The molecule has 0 bridgehead atoms. The van der Waals surface area contributed by atoms with Crippen molar-refractivity contribution in [3.05, 3.63) is 57.6 Å². The summed E-state index contributed by atoms with van der Waals surface area (Å²) in [4.78, 5) is 0. The molecular formula is C21H28BrNO2. The summed E-state index contributed by atoms with van der Waals surface area (Å²) >= 11 is 3.65. The number of aryl methyl sites for hydroxylation is 1. The van der Waals surface area contributed by atoms with Crippen LogP contribution in [0.15, 0.2) is 40.9 Å². The van der Waals surface area contributed by atoms with Gasteiger partial charge in [0.2, 0.25) is 0 Å². The summed E-state index contributed by atoms with van der Waals surface area (Å²) in [5.74, 6) is 1.55. The van der Waals surface area contributed by atoms with Crippen LogP contribution in [0.3, 0.4) is 0 Å². The van der Waals surface area contributed by atoms with Gasteiger partial charge < -0.3 is 14.8 Å². The monoisotopic (exact) mass is 405 g/mol. The minimum absolute atomic E-state index is 0.492. The maximum Gasteiger partial charge on any atom is 0.175 e. The molecule has 0 radical (unpaired) electrons. The molecule has 0 saturated heterocycles. The third kappa shape index (κ3) is 5.75. The average Bonchev–Trinajstić information content (AvgIpc) is 2.60. The summed E-state index contributed by atoms with van der Waals surface area (Å²) < 4.78 is 12.8. The van der Waals surface area contributed by atoms with Crippen molar-refractivity contribution in [2.24, 2.45) is 0 Å². The first-order chi connectivity index (χ1) is 12.0. The highest BCUT2D eigenvalue weighted by atomic mass is 79.9. The number of ether oxygens (including phenoxy) is 2. The zero-order chi connectivity index (χ0) is 18.2. The summed E-state index contributed by atoms with van der Waals surface area (Å²) in [6, 6.07) is 12.9. The van der Waals surface area contributed by atoms with Crippen molar-refractivity contribution in [3.63, 3.8) is 0 Å². The van der Waals surface area contributed by atoms with Crippen molar-refractivity contribution >= 4 is 15.9 Å². The molecule has 0 aromatic heterocycles. The summed E-state index contributed by atoms with van der Waals surface area (Å²) in [6.45, 7) is 10.4. The van der Waals surface area contributed by atoms with Gasteiger partial charge in [-0.1, -0.05) is 31.2 Å². The van der Waals surface area contributed by atoms with Crippen molar-refractivity contribution in [2.45, 2.75) is 53.3 Å². The van der Waals surface area contributed by atoms with E-state index in [1.54, 1.807) is 0 Å². The van der Waals surface area contributed by atoms with E-state index in [2.05, 4.69) is 66.3 Å². The van der Waals surface area contributed by atoms with Crippen LogP contribution in [0, 0.1) is 6.92 Å². The molecule has 0 saturated carbocycles. The Kier molecular flexibility index (Phi) is 7.79. The van der Waals surface area contributed by atoms with Crippen LogP contribution >= 0.6 is 15.9 Å². The van der Waals surface area contributed by atoms with Crippen molar-refractivity contribution in [1.82, 2.24) is 5.32 Å². The lowest BCUT2D eigenvalue weighted by atomic mass is 10.1. The molecule has 3 nitrogen and oxygen atoms in total.